The van der Waals surface area contributed by atoms with Crippen LogP contribution in [0.3, 0.4) is 0 Å². The smallest absolute Gasteiger partial charge is 0.258 e. The number of halogens is 1. The Kier molecular flexibility index (Phi) is 4.48. The molecule has 0 bridgehead atoms. The van der Waals surface area contributed by atoms with Gasteiger partial charge < -0.3 is 10.6 Å². The highest BCUT2D eigenvalue weighted by atomic mass is 19.1. The third-order valence-corrected chi connectivity index (χ3v) is 3.14. The van der Waals surface area contributed by atoms with Crippen molar-refractivity contribution in [3.05, 3.63) is 65.5 Å². The first-order chi connectivity index (χ1) is 9.65. The van der Waals surface area contributed by atoms with Gasteiger partial charge in [0.15, 0.2) is 0 Å². The summed E-state index contributed by atoms with van der Waals surface area (Å²) in [4.78, 5) is 14.1. The van der Waals surface area contributed by atoms with E-state index >= 15 is 0 Å². The summed E-state index contributed by atoms with van der Waals surface area (Å²) in [5.41, 5.74) is 7.84. The molecule has 0 aliphatic heterocycles. The first-order valence-electron chi connectivity index (χ1n) is 6.52. The van der Waals surface area contributed by atoms with Gasteiger partial charge in [-0.2, -0.15) is 0 Å². The molecule has 0 saturated heterocycles. The fourth-order valence-corrected chi connectivity index (χ4v) is 2.00. The average Bonchev–Trinajstić information content (AvgIpc) is 2.49. The predicted octanol–water partition coefficient (Wildman–Crippen LogP) is 2.95. The van der Waals surface area contributed by atoms with E-state index in [1.807, 2.05) is 31.2 Å². The molecule has 0 unspecified atom stereocenters. The number of carbonyl (C=O) groups is 1. The second-order valence-corrected chi connectivity index (χ2v) is 4.43. The lowest BCUT2D eigenvalue weighted by Gasteiger charge is -2.21. The molecule has 104 valence electrons. The van der Waals surface area contributed by atoms with Crippen molar-refractivity contribution in [1.82, 2.24) is 0 Å². The molecule has 4 heteroatoms. The Balaban J connectivity index is 2.26. The van der Waals surface area contributed by atoms with Crippen LogP contribution >= 0.6 is 0 Å². The number of hydrogen-bond donors (Lipinski definition) is 1. The van der Waals surface area contributed by atoms with Crippen LogP contribution in [-0.4, -0.2) is 12.5 Å². The Bertz CT molecular complexity index is 578. The minimum atomic E-state index is -0.350. The lowest BCUT2D eigenvalue weighted by atomic mass is 10.1. The number of hydrogen-bond acceptors (Lipinski definition) is 2. The summed E-state index contributed by atoms with van der Waals surface area (Å²) in [5.74, 6) is -0.495. The van der Waals surface area contributed by atoms with Gasteiger partial charge in [-0.05, 0) is 48.9 Å². The quantitative estimate of drug-likeness (QED) is 0.930. The molecule has 2 N–H and O–H groups in total. The van der Waals surface area contributed by atoms with Gasteiger partial charge in [0.1, 0.15) is 5.82 Å². The second kappa shape index (κ2) is 6.30. The van der Waals surface area contributed by atoms with Crippen molar-refractivity contribution < 1.29 is 9.18 Å². The molecule has 2 rings (SSSR count). The lowest BCUT2D eigenvalue weighted by molar-refractivity contribution is 0.0988. The Hall–Kier alpha value is -2.20. The van der Waals surface area contributed by atoms with E-state index in [4.69, 9.17) is 5.73 Å². The minimum Gasteiger partial charge on any atom is -0.326 e. The van der Waals surface area contributed by atoms with Gasteiger partial charge in [0, 0.05) is 24.3 Å². The van der Waals surface area contributed by atoms with E-state index in [1.165, 1.54) is 24.3 Å². The van der Waals surface area contributed by atoms with Gasteiger partial charge in [0.05, 0.1) is 0 Å². The zero-order valence-electron chi connectivity index (χ0n) is 11.3. The molecule has 0 aliphatic rings. The van der Waals surface area contributed by atoms with Gasteiger partial charge in [-0.3, -0.25) is 4.79 Å². The molecule has 0 radical (unpaired) electrons. The summed E-state index contributed by atoms with van der Waals surface area (Å²) in [6, 6.07) is 13.1. The van der Waals surface area contributed by atoms with Gasteiger partial charge in [0.2, 0.25) is 0 Å². The van der Waals surface area contributed by atoms with Crippen molar-refractivity contribution in [1.29, 1.82) is 0 Å². The number of nitrogens with two attached hydrogens (primary N) is 1. The summed E-state index contributed by atoms with van der Waals surface area (Å²) < 4.78 is 12.9. The zero-order chi connectivity index (χ0) is 14.5. The van der Waals surface area contributed by atoms with E-state index in [2.05, 4.69) is 0 Å². The van der Waals surface area contributed by atoms with Crippen LogP contribution in [0.25, 0.3) is 0 Å². The van der Waals surface area contributed by atoms with Crippen LogP contribution in [0.5, 0.6) is 0 Å². The monoisotopic (exact) mass is 272 g/mol. The molecule has 2 aromatic rings. The zero-order valence-corrected chi connectivity index (χ0v) is 11.3. The molecule has 2 aromatic carbocycles. The SMILES string of the molecule is CCN(C(=O)c1ccc(F)cc1)c1ccc(CN)cc1. The van der Waals surface area contributed by atoms with Crippen molar-refractivity contribution in [3.63, 3.8) is 0 Å². The third-order valence-electron chi connectivity index (χ3n) is 3.14. The van der Waals surface area contributed by atoms with Crippen molar-refractivity contribution in [2.24, 2.45) is 5.73 Å². The molecule has 0 aliphatic carbocycles. The molecule has 0 atom stereocenters. The van der Waals surface area contributed by atoms with E-state index in [1.54, 1.807) is 4.90 Å². The van der Waals surface area contributed by atoms with Gasteiger partial charge >= 0.3 is 0 Å². The standard InChI is InChI=1S/C16H17FN2O/c1-2-19(15-9-3-12(11-18)4-10-15)16(20)13-5-7-14(17)8-6-13/h3-10H,2,11,18H2,1H3. The molecule has 0 saturated carbocycles. The van der Waals surface area contributed by atoms with E-state index in [-0.39, 0.29) is 11.7 Å². The highest BCUT2D eigenvalue weighted by molar-refractivity contribution is 6.06. The number of carbonyl (C=O) groups excluding carboxylic acids is 1. The number of rotatable bonds is 4. The Morgan fingerprint density at radius 2 is 1.70 bits per heavy atom. The molecule has 20 heavy (non-hydrogen) atoms. The largest absolute Gasteiger partial charge is 0.326 e. The maximum absolute atomic E-state index is 12.9. The molecular weight excluding hydrogens is 255 g/mol. The highest BCUT2D eigenvalue weighted by Crippen LogP contribution is 2.18. The molecule has 1 amide bonds. The summed E-state index contributed by atoms with van der Waals surface area (Å²) in [6.45, 7) is 2.91. The number of anilines is 1. The van der Waals surface area contributed by atoms with Crippen LogP contribution in [0.1, 0.15) is 22.8 Å². The van der Waals surface area contributed by atoms with Crippen molar-refractivity contribution in [2.75, 3.05) is 11.4 Å². The van der Waals surface area contributed by atoms with Gasteiger partial charge in [-0.25, -0.2) is 4.39 Å². The number of amides is 1. The van der Waals surface area contributed by atoms with Crippen LogP contribution in [0.4, 0.5) is 10.1 Å². The topological polar surface area (TPSA) is 46.3 Å². The fourth-order valence-electron chi connectivity index (χ4n) is 2.00. The maximum Gasteiger partial charge on any atom is 0.258 e. The Morgan fingerprint density at radius 3 is 2.20 bits per heavy atom. The Labute approximate surface area is 117 Å². The van der Waals surface area contributed by atoms with Crippen LogP contribution in [-0.2, 0) is 6.54 Å². The Morgan fingerprint density at radius 1 is 1.10 bits per heavy atom. The summed E-state index contributed by atoms with van der Waals surface area (Å²) in [7, 11) is 0. The lowest BCUT2D eigenvalue weighted by Crippen LogP contribution is -2.30. The number of benzene rings is 2. The first kappa shape index (κ1) is 14.2. The van der Waals surface area contributed by atoms with E-state index in [0.717, 1.165) is 11.3 Å². The predicted molar refractivity (Wildman–Crippen MR) is 78.1 cm³/mol. The summed E-state index contributed by atoms with van der Waals surface area (Å²) in [6.07, 6.45) is 0. The van der Waals surface area contributed by atoms with Gasteiger partial charge in [0.25, 0.3) is 5.91 Å². The molecule has 0 spiro atoms. The average molecular weight is 272 g/mol. The van der Waals surface area contributed by atoms with Crippen LogP contribution in [0.2, 0.25) is 0 Å². The van der Waals surface area contributed by atoms with E-state index in [0.29, 0.717) is 18.7 Å². The first-order valence-corrected chi connectivity index (χ1v) is 6.52. The second-order valence-electron chi connectivity index (χ2n) is 4.43. The molecule has 0 heterocycles. The molecule has 3 nitrogen and oxygen atoms in total. The normalized spacial score (nSPS) is 10.3. The molecule has 0 fully saturated rings. The minimum absolute atomic E-state index is 0.145. The van der Waals surface area contributed by atoms with E-state index < -0.39 is 0 Å². The third kappa shape index (κ3) is 3.03. The highest BCUT2D eigenvalue weighted by Gasteiger charge is 2.15. The van der Waals surface area contributed by atoms with Gasteiger partial charge in [-0.15, -0.1) is 0 Å². The fraction of sp³-hybridized carbons (Fsp3) is 0.188. The van der Waals surface area contributed by atoms with Crippen molar-refractivity contribution in [2.45, 2.75) is 13.5 Å². The van der Waals surface area contributed by atoms with E-state index in [9.17, 15) is 9.18 Å². The van der Waals surface area contributed by atoms with Crippen LogP contribution in [0, 0.1) is 5.82 Å². The van der Waals surface area contributed by atoms with Crippen LogP contribution < -0.4 is 10.6 Å². The van der Waals surface area contributed by atoms with Gasteiger partial charge in [-0.1, -0.05) is 12.1 Å². The maximum atomic E-state index is 12.9. The molecular formula is C16H17FN2O. The number of nitrogens with zero attached hydrogens (tertiary/aromatic N) is 1. The van der Waals surface area contributed by atoms with Crippen molar-refractivity contribution >= 4 is 11.6 Å². The molecule has 0 aromatic heterocycles. The summed E-state index contributed by atoms with van der Waals surface area (Å²) >= 11 is 0. The van der Waals surface area contributed by atoms with Crippen molar-refractivity contribution in [3.8, 4) is 0 Å². The van der Waals surface area contributed by atoms with Crippen LogP contribution in [0.15, 0.2) is 48.5 Å². The summed E-state index contributed by atoms with van der Waals surface area (Å²) in [5, 5.41) is 0.